The molecule has 0 spiro atoms. The number of nitrogens with two attached hydrogens (primary N) is 1. The summed E-state index contributed by atoms with van der Waals surface area (Å²) in [5.41, 5.74) is 5.35. The van der Waals surface area contributed by atoms with Crippen molar-refractivity contribution in [2.45, 2.75) is 31.2 Å². The van der Waals surface area contributed by atoms with Crippen LogP contribution in [-0.4, -0.2) is 11.2 Å². The first-order valence-corrected chi connectivity index (χ1v) is 5.99. The Kier molecular flexibility index (Phi) is 3.58. The van der Waals surface area contributed by atoms with Gasteiger partial charge in [0.1, 0.15) is 0 Å². The van der Waals surface area contributed by atoms with Gasteiger partial charge >= 0.3 is 6.18 Å². The van der Waals surface area contributed by atoms with Crippen LogP contribution in [0.1, 0.15) is 30.0 Å². The fraction of sp³-hybridized carbons (Fsp3) is 0.500. The average molecular weight is 280 g/mol. The van der Waals surface area contributed by atoms with Gasteiger partial charge in [-0.1, -0.05) is 17.7 Å². The monoisotopic (exact) mass is 279 g/mol. The Labute approximate surface area is 108 Å². The van der Waals surface area contributed by atoms with Gasteiger partial charge in [-0.25, -0.2) is 0 Å². The van der Waals surface area contributed by atoms with E-state index in [1.165, 1.54) is 12.1 Å². The van der Waals surface area contributed by atoms with Crippen LogP contribution in [0.25, 0.3) is 0 Å². The van der Waals surface area contributed by atoms with Crippen LogP contribution in [0.4, 0.5) is 13.2 Å². The van der Waals surface area contributed by atoms with E-state index >= 15 is 0 Å². The maximum atomic E-state index is 12.5. The number of aliphatic hydroxyl groups excluding tert-OH is 1. The second-order valence-electron chi connectivity index (χ2n) is 4.59. The third-order valence-corrected chi connectivity index (χ3v) is 3.47. The summed E-state index contributed by atoms with van der Waals surface area (Å²) in [5, 5.41) is 9.45. The average Bonchev–Trinajstić information content (AvgIpc) is 3.09. The summed E-state index contributed by atoms with van der Waals surface area (Å²) in [6.45, 7) is 0. The van der Waals surface area contributed by atoms with Crippen LogP contribution in [0, 0.1) is 5.92 Å². The van der Waals surface area contributed by atoms with E-state index in [4.69, 9.17) is 17.3 Å². The van der Waals surface area contributed by atoms with Crippen molar-refractivity contribution in [3.8, 4) is 0 Å². The van der Waals surface area contributed by atoms with Gasteiger partial charge in [-0.15, -0.1) is 0 Å². The summed E-state index contributed by atoms with van der Waals surface area (Å²) in [5.74, 6) is 0.154. The SMILES string of the molecule is N[C@@H](c1ccc(C(F)(F)F)c(Cl)c1)[C@H](O)C1CC1. The molecule has 1 aromatic rings. The summed E-state index contributed by atoms with van der Waals surface area (Å²) in [7, 11) is 0. The molecule has 1 aliphatic rings. The zero-order chi connectivity index (χ0) is 13.5. The summed E-state index contributed by atoms with van der Waals surface area (Å²) >= 11 is 5.60. The van der Waals surface area contributed by atoms with Crippen molar-refractivity contribution in [2.24, 2.45) is 11.7 Å². The third-order valence-electron chi connectivity index (χ3n) is 3.16. The molecule has 1 aromatic carbocycles. The van der Waals surface area contributed by atoms with Gasteiger partial charge in [0.05, 0.1) is 22.7 Å². The van der Waals surface area contributed by atoms with Gasteiger partial charge in [-0.05, 0) is 36.5 Å². The molecule has 0 unspecified atom stereocenters. The zero-order valence-corrected chi connectivity index (χ0v) is 10.2. The van der Waals surface area contributed by atoms with E-state index in [-0.39, 0.29) is 5.92 Å². The topological polar surface area (TPSA) is 46.2 Å². The Morgan fingerprint density at radius 2 is 1.94 bits per heavy atom. The fourth-order valence-corrected chi connectivity index (χ4v) is 2.19. The Morgan fingerprint density at radius 1 is 1.33 bits per heavy atom. The minimum Gasteiger partial charge on any atom is -0.391 e. The minimum atomic E-state index is -4.48. The van der Waals surface area contributed by atoms with Gasteiger partial charge in [0.25, 0.3) is 0 Å². The molecule has 0 aliphatic heterocycles. The molecule has 1 fully saturated rings. The van der Waals surface area contributed by atoms with Crippen molar-refractivity contribution in [1.82, 2.24) is 0 Å². The lowest BCUT2D eigenvalue weighted by atomic mass is 9.98. The molecule has 2 atom stereocenters. The molecule has 100 valence electrons. The van der Waals surface area contributed by atoms with Crippen molar-refractivity contribution < 1.29 is 18.3 Å². The number of hydrogen-bond donors (Lipinski definition) is 2. The van der Waals surface area contributed by atoms with Crippen molar-refractivity contribution in [2.75, 3.05) is 0 Å². The van der Waals surface area contributed by atoms with Crippen LogP contribution in [0.2, 0.25) is 5.02 Å². The minimum absolute atomic E-state index is 0.154. The normalized spacial score (nSPS) is 19.7. The van der Waals surface area contributed by atoms with E-state index in [0.717, 1.165) is 18.9 Å². The second kappa shape index (κ2) is 4.72. The first kappa shape index (κ1) is 13.6. The maximum absolute atomic E-state index is 12.5. The largest absolute Gasteiger partial charge is 0.417 e. The summed E-state index contributed by atoms with van der Waals surface area (Å²) in [6, 6.07) is 2.65. The van der Waals surface area contributed by atoms with Crippen molar-refractivity contribution >= 4 is 11.6 Å². The molecule has 0 radical (unpaired) electrons. The fourth-order valence-electron chi connectivity index (χ4n) is 1.90. The van der Waals surface area contributed by atoms with E-state index in [2.05, 4.69) is 0 Å². The van der Waals surface area contributed by atoms with Crippen molar-refractivity contribution in [3.05, 3.63) is 34.3 Å². The van der Waals surface area contributed by atoms with Crippen LogP contribution in [-0.2, 0) is 6.18 Å². The van der Waals surface area contributed by atoms with Gasteiger partial charge in [0, 0.05) is 0 Å². The Balaban J connectivity index is 2.22. The molecule has 0 aromatic heterocycles. The van der Waals surface area contributed by atoms with Crippen LogP contribution >= 0.6 is 11.6 Å². The molecule has 2 nitrogen and oxygen atoms in total. The van der Waals surface area contributed by atoms with Gasteiger partial charge in [-0.2, -0.15) is 13.2 Å². The summed E-state index contributed by atoms with van der Waals surface area (Å²) in [6.07, 6.45) is -3.39. The summed E-state index contributed by atoms with van der Waals surface area (Å²) in [4.78, 5) is 0. The van der Waals surface area contributed by atoms with Gasteiger partial charge in [0.2, 0.25) is 0 Å². The Morgan fingerprint density at radius 3 is 2.39 bits per heavy atom. The predicted octanol–water partition coefficient (Wildman–Crippen LogP) is 3.13. The molecular formula is C12H13ClF3NO. The van der Waals surface area contributed by atoms with E-state index in [9.17, 15) is 18.3 Å². The molecule has 0 bridgehead atoms. The first-order chi connectivity index (χ1) is 8.30. The number of halogens is 4. The number of hydrogen-bond acceptors (Lipinski definition) is 2. The molecule has 0 amide bonds. The van der Waals surface area contributed by atoms with Gasteiger partial charge in [0.15, 0.2) is 0 Å². The molecular weight excluding hydrogens is 267 g/mol. The molecule has 18 heavy (non-hydrogen) atoms. The van der Waals surface area contributed by atoms with Crippen LogP contribution in [0.3, 0.4) is 0 Å². The standard InChI is InChI=1S/C12H13ClF3NO/c13-9-5-7(3-4-8(9)12(14,15)16)10(17)11(18)6-1-2-6/h3-6,10-11,18H,1-2,17H2/t10-,11+/m0/s1. The van der Waals surface area contributed by atoms with E-state index < -0.39 is 28.9 Å². The Hall–Kier alpha value is -0.780. The van der Waals surface area contributed by atoms with Gasteiger partial charge < -0.3 is 10.8 Å². The van der Waals surface area contributed by atoms with Crippen molar-refractivity contribution in [1.29, 1.82) is 0 Å². The highest BCUT2D eigenvalue weighted by Gasteiger charge is 2.36. The zero-order valence-electron chi connectivity index (χ0n) is 9.41. The smallest absolute Gasteiger partial charge is 0.391 e. The third kappa shape index (κ3) is 2.79. The Bertz CT molecular complexity index is 445. The number of rotatable bonds is 3. The number of alkyl halides is 3. The van der Waals surface area contributed by atoms with Crippen LogP contribution in [0.15, 0.2) is 18.2 Å². The summed E-state index contributed by atoms with van der Waals surface area (Å²) < 4.78 is 37.5. The number of aliphatic hydroxyl groups is 1. The molecule has 0 saturated heterocycles. The van der Waals surface area contributed by atoms with E-state index in [1.54, 1.807) is 0 Å². The van der Waals surface area contributed by atoms with E-state index in [1.807, 2.05) is 0 Å². The van der Waals surface area contributed by atoms with Crippen molar-refractivity contribution in [3.63, 3.8) is 0 Å². The highest BCUT2D eigenvalue weighted by Crippen LogP contribution is 2.39. The highest BCUT2D eigenvalue weighted by molar-refractivity contribution is 6.31. The molecule has 2 rings (SSSR count). The predicted molar refractivity (Wildman–Crippen MR) is 62.1 cm³/mol. The lowest BCUT2D eigenvalue weighted by molar-refractivity contribution is -0.137. The van der Waals surface area contributed by atoms with Crippen LogP contribution < -0.4 is 5.73 Å². The molecule has 3 N–H and O–H groups in total. The molecule has 1 saturated carbocycles. The quantitative estimate of drug-likeness (QED) is 0.893. The molecule has 0 heterocycles. The highest BCUT2D eigenvalue weighted by atomic mass is 35.5. The van der Waals surface area contributed by atoms with Gasteiger partial charge in [-0.3, -0.25) is 0 Å². The molecule has 6 heteroatoms. The first-order valence-electron chi connectivity index (χ1n) is 5.61. The second-order valence-corrected chi connectivity index (χ2v) is 5.00. The lowest BCUT2D eigenvalue weighted by Gasteiger charge is -2.20. The molecule has 1 aliphatic carbocycles. The number of benzene rings is 1. The maximum Gasteiger partial charge on any atom is 0.417 e. The lowest BCUT2D eigenvalue weighted by Crippen LogP contribution is -2.28. The van der Waals surface area contributed by atoms with E-state index in [0.29, 0.717) is 5.56 Å². The van der Waals surface area contributed by atoms with Crippen LogP contribution in [0.5, 0.6) is 0 Å².